The molecule has 1 aromatic carbocycles. The number of amides is 4. The highest BCUT2D eigenvalue weighted by Crippen LogP contribution is 2.19. The Morgan fingerprint density at radius 1 is 1.12 bits per heavy atom. The lowest BCUT2D eigenvalue weighted by Gasteiger charge is -2.25. The molecule has 1 saturated heterocycles. The molecule has 25 heavy (non-hydrogen) atoms. The molecule has 7 nitrogen and oxygen atoms in total. The predicted octanol–water partition coefficient (Wildman–Crippen LogP) is 2.01. The molecule has 0 spiro atoms. The van der Waals surface area contributed by atoms with E-state index in [1.807, 2.05) is 31.1 Å². The van der Waals surface area contributed by atoms with Crippen LogP contribution in [0, 0.1) is 0 Å². The zero-order valence-corrected chi connectivity index (χ0v) is 13.9. The molecule has 7 heteroatoms. The molecule has 4 amide bonds. The summed E-state index contributed by atoms with van der Waals surface area (Å²) in [7, 11) is 3.84. The number of imide groups is 2. The summed E-state index contributed by atoms with van der Waals surface area (Å²) in [6, 6.07) is 9.92. The van der Waals surface area contributed by atoms with Crippen molar-refractivity contribution in [3.8, 4) is 0 Å². The number of carbonyl (C=O) groups is 3. The number of benzene rings is 1. The van der Waals surface area contributed by atoms with Crippen molar-refractivity contribution in [2.75, 3.05) is 19.0 Å². The van der Waals surface area contributed by atoms with E-state index in [0.717, 1.165) is 10.6 Å². The van der Waals surface area contributed by atoms with Gasteiger partial charge in [0.1, 0.15) is 11.3 Å². The summed E-state index contributed by atoms with van der Waals surface area (Å²) < 4.78 is 5.17. The van der Waals surface area contributed by atoms with Gasteiger partial charge in [-0.05, 0) is 35.9 Å². The number of rotatable bonds is 4. The fraction of sp³-hybridized carbons (Fsp3) is 0.167. The highest BCUT2D eigenvalue weighted by atomic mass is 16.3. The fourth-order valence-corrected chi connectivity index (χ4v) is 2.43. The lowest BCUT2D eigenvalue weighted by atomic mass is 10.1. The summed E-state index contributed by atoms with van der Waals surface area (Å²) in [5.41, 5.74) is 1.59. The Kier molecular flexibility index (Phi) is 4.38. The smallest absolute Gasteiger partial charge is 0.331 e. The van der Waals surface area contributed by atoms with Gasteiger partial charge in [0.05, 0.1) is 12.8 Å². The van der Waals surface area contributed by atoms with Crippen LogP contribution in [-0.2, 0) is 16.1 Å². The molecule has 0 atom stereocenters. The largest absolute Gasteiger partial charge is 0.467 e. The summed E-state index contributed by atoms with van der Waals surface area (Å²) >= 11 is 0. The Morgan fingerprint density at radius 2 is 1.84 bits per heavy atom. The minimum atomic E-state index is -0.758. The second-order valence-electron chi connectivity index (χ2n) is 5.77. The number of furan rings is 1. The molecule has 0 aliphatic carbocycles. The number of nitrogens with one attached hydrogen (secondary N) is 1. The van der Waals surface area contributed by atoms with E-state index in [1.54, 1.807) is 24.3 Å². The number of hydrogen-bond donors (Lipinski definition) is 1. The van der Waals surface area contributed by atoms with Crippen LogP contribution in [0.1, 0.15) is 11.3 Å². The van der Waals surface area contributed by atoms with E-state index in [9.17, 15) is 14.4 Å². The summed E-state index contributed by atoms with van der Waals surface area (Å²) in [6.45, 7) is -0.0398. The molecule has 128 valence electrons. The predicted molar refractivity (Wildman–Crippen MR) is 91.5 cm³/mol. The van der Waals surface area contributed by atoms with Crippen LogP contribution in [0.5, 0.6) is 0 Å². The van der Waals surface area contributed by atoms with E-state index in [2.05, 4.69) is 5.32 Å². The van der Waals surface area contributed by atoms with E-state index >= 15 is 0 Å². The van der Waals surface area contributed by atoms with Gasteiger partial charge in [-0.1, -0.05) is 12.1 Å². The highest BCUT2D eigenvalue weighted by molar-refractivity contribution is 6.30. The zero-order valence-electron chi connectivity index (χ0n) is 13.9. The molecule has 0 unspecified atom stereocenters. The molecule has 1 aromatic heterocycles. The van der Waals surface area contributed by atoms with E-state index in [4.69, 9.17) is 4.42 Å². The molecule has 1 N–H and O–H groups in total. The van der Waals surface area contributed by atoms with Gasteiger partial charge in [0, 0.05) is 19.8 Å². The molecular formula is C18H17N3O4. The SMILES string of the molecule is CN(C)c1ccc(/C=C2/C(=O)NC(=O)N(Cc3ccco3)C2=O)cc1. The van der Waals surface area contributed by atoms with E-state index in [0.29, 0.717) is 11.3 Å². The molecule has 1 aliphatic rings. The molecular weight excluding hydrogens is 322 g/mol. The summed E-state index contributed by atoms with van der Waals surface area (Å²) in [6.07, 6.45) is 2.93. The van der Waals surface area contributed by atoms with E-state index in [-0.39, 0.29) is 12.1 Å². The van der Waals surface area contributed by atoms with Crippen LogP contribution in [0.3, 0.4) is 0 Å². The summed E-state index contributed by atoms with van der Waals surface area (Å²) in [4.78, 5) is 39.5. The van der Waals surface area contributed by atoms with Crippen LogP contribution in [-0.4, -0.2) is 36.8 Å². The third-order valence-electron chi connectivity index (χ3n) is 3.80. The summed E-state index contributed by atoms with van der Waals surface area (Å²) in [5.74, 6) is -0.906. The van der Waals surface area contributed by atoms with Crippen LogP contribution in [0.4, 0.5) is 10.5 Å². The van der Waals surface area contributed by atoms with Crippen molar-refractivity contribution in [2.24, 2.45) is 0 Å². The second kappa shape index (κ2) is 6.64. The molecule has 2 heterocycles. The lowest BCUT2D eigenvalue weighted by Crippen LogP contribution is -2.53. The van der Waals surface area contributed by atoms with Crippen LogP contribution in [0.25, 0.3) is 6.08 Å². The third-order valence-corrected chi connectivity index (χ3v) is 3.80. The average molecular weight is 339 g/mol. The first-order valence-corrected chi connectivity index (χ1v) is 7.64. The fourth-order valence-electron chi connectivity index (χ4n) is 2.43. The molecule has 3 rings (SSSR count). The molecule has 0 saturated carbocycles. The molecule has 0 radical (unpaired) electrons. The minimum absolute atomic E-state index is 0.0398. The first-order valence-electron chi connectivity index (χ1n) is 7.64. The Bertz CT molecular complexity index is 836. The molecule has 0 bridgehead atoms. The normalized spacial score (nSPS) is 16.3. The first kappa shape index (κ1) is 16.5. The van der Waals surface area contributed by atoms with Crippen LogP contribution >= 0.6 is 0 Å². The average Bonchev–Trinajstić information content (AvgIpc) is 3.09. The van der Waals surface area contributed by atoms with Crippen molar-refractivity contribution in [1.29, 1.82) is 0 Å². The van der Waals surface area contributed by atoms with Gasteiger partial charge in [0.2, 0.25) is 0 Å². The van der Waals surface area contributed by atoms with Gasteiger partial charge in [0.15, 0.2) is 0 Å². The zero-order chi connectivity index (χ0) is 18.0. The molecule has 1 fully saturated rings. The Labute approximate surface area is 144 Å². The van der Waals surface area contributed by atoms with Gasteiger partial charge in [-0.25, -0.2) is 4.79 Å². The van der Waals surface area contributed by atoms with Crippen molar-refractivity contribution in [2.45, 2.75) is 6.54 Å². The monoisotopic (exact) mass is 339 g/mol. The van der Waals surface area contributed by atoms with Crippen LogP contribution in [0.2, 0.25) is 0 Å². The maximum Gasteiger partial charge on any atom is 0.331 e. The van der Waals surface area contributed by atoms with E-state index in [1.165, 1.54) is 12.3 Å². The molecule has 1 aliphatic heterocycles. The van der Waals surface area contributed by atoms with Gasteiger partial charge in [0.25, 0.3) is 11.8 Å². The number of urea groups is 1. The standard InChI is InChI=1S/C18H17N3O4/c1-20(2)13-7-5-12(6-8-13)10-15-16(22)19-18(24)21(17(15)23)11-14-4-3-9-25-14/h3-10H,11H2,1-2H3,(H,19,22,24)/b15-10-. The maximum absolute atomic E-state index is 12.6. The number of nitrogens with zero attached hydrogens (tertiary/aromatic N) is 2. The lowest BCUT2D eigenvalue weighted by molar-refractivity contribution is -0.130. The van der Waals surface area contributed by atoms with Gasteiger partial charge in [-0.2, -0.15) is 0 Å². The van der Waals surface area contributed by atoms with Gasteiger partial charge in [-0.3, -0.25) is 19.8 Å². The van der Waals surface area contributed by atoms with Crippen molar-refractivity contribution in [1.82, 2.24) is 10.2 Å². The minimum Gasteiger partial charge on any atom is -0.467 e. The van der Waals surface area contributed by atoms with Gasteiger partial charge >= 0.3 is 6.03 Å². The van der Waals surface area contributed by atoms with Gasteiger partial charge in [-0.15, -0.1) is 0 Å². The highest BCUT2D eigenvalue weighted by Gasteiger charge is 2.36. The van der Waals surface area contributed by atoms with Crippen LogP contribution in [0.15, 0.2) is 52.7 Å². The number of hydrogen-bond acceptors (Lipinski definition) is 5. The summed E-state index contributed by atoms with van der Waals surface area (Å²) in [5, 5.41) is 2.18. The maximum atomic E-state index is 12.6. The van der Waals surface area contributed by atoms with Crippen molar-refractivity contribution in [3.05, 3.63) is 59.6 Å². The Morgan fingerprint density at radius 3 is 2.44 bits per heavy atom. The number of barbiturate groups is 1. The van der Waals surface area contributed by atoms with Crippen molar-refractivity contribution < 1.29 is 18.8 Å². The number of carbonyl (C=O) groups excluding carboxylic acids is 3. The van der Waals surface area contributed by atoms with Crippen molar-refractivity contribution >= 4 is 29.6 Å². The molecule has 2 aromatic rings. The Hall–Kier alpha value is -3.35. The quantitative estimate of drug-likeness (QED) is 0.680. The second-order valence-corrected chi connectivity index (χ2v) is 5.77. The van der Waals surface area contributed by atoms with Crippen LogP contribution < -0.4 is 10.2 Å². The van der Waals surface area contributed by atoms with Crippen molar-refractivity contribution in [3.63, 3.8) is 0 Å². The van der Waals surface area contributed by atoms with Gasteiger partial charge < -0.3 is 9.32 Å². The Balaban J connectivity index is 1.87. The topological polar surface area (TPSA) is 82.9 Å². The number of anilines is 1. The third kappa shape index (κ3) is 3.45. The van der Waals surface area contributed by atoms with E-state index < -0.39 is 17.8 Å². The first-order chi connectivity index (χ1) is 12.0.